The SMILES string of the molecule is O=C(NN=Cc1cccc(Oc2ccc([N+](=O)[O-])cc2[N+](=O)[O-])c1)C(=Cc1ccc2c(c1)OCO2)NC(=O)c1ccccc1. The van der Waals surface area contributed by atoms with Gasteiger partial charge in [0.15, 0.2) is 11.5 Å². The summed E-state index contributed by atoms with van der Waals surface area (Å²) >= 11 is 0. The maximum Gasteiger partial charge on any atom is 0.318 e. The fourth-order valence-electron chi connectivity index (χ4n) is 3.97. The van der Waals surface area contributed by atoms with Crippen molar-refractivity contribution in [1.29, 1.82) is 0 Å². The quantitative estimate of drug-likeness (QED) is 0.111. The molecule has 5 rings (SSSR count). The Kier molecular flexibility index (Phi) is 8.52. The van der Waals surface area contributed by atoms with Gasteiger partial charge in [0.1, 0.15) is 11.4 Å². The second kappa shape index (κ2) is 12.9. The van der Waals surface area contributed by atoms with Gasteiger partial charge in [-0.1, -0.05) is 36.4 Å². The first-order valence-corrected chi connectivity index (χ1v) is 12.8. The molecule has 0 aromatic heterocycles. The lowest BCUT2D eigenvalue weighted by molar-refractivity contribution is -0.394. The molecule has 0 atom stereocenters. The first-order chi connectivity index (χ1) is 21.3. The Morgan fingerprint density at radius 1 is 0.841 bits per heavy atom. The van der Waals surface area contributed by atoms with Gasteiger partial charge in [-0.05, 0) is 59.7 Å². The summed E-state index contributed by atoms with van der Waals surface area (Å²) in [6, 6.07) is 22.6. The van der Waals surface area contributed by atoms with Crippen molar-refractivity contribution in [3.8, 4) is 23.0 Å². The number of nitro groups is 2. The molecule has 14 nitrogen and oxygen atoms in total. The molecule has 0 radical (unpaired) electrons. The van der Waals surface area contributed by atoms with Crippen LogP contribution in [0.5, 0.6) is 23.0 Å². The predicted octanol–water partition coefficient (Wildman–Crippen LogP) is 4.95. The van der Waals surface area contributed by atoms with E-state index >= 15 is 0 Å². The maximum absolute atomic E-state index is 13.1. The van der Waals surface area contributed by atoms with E-state index in [4.69, 9.17) is 14.2 Å². The lowest BCUT2D eigenvalue weighted by Gasteiger charge is -2.10. The summed E-state index contributed by atoms with van der Waals surface area (Å²) < 4.78 is 16.3. The van der Waals surface area contributed by atoms with Crippen molar-refractivity contribution in [3.05, 3.63) is 134 Å². The number of rotatable bonds is 10. The molecular weight excluding hydrogens is 574 g/mol. The summed E-state index contributed by atoms with van der Waals surface area (Å²) in [5.41, 5.74) is 2.58. The third kappa shape index (κ3) is 7.01. The molecular formula is C30H21N5O9. The molecule has 220 valence electrons. The highest BCUT2D eigenvalue weighted by Crippen LogP contribution is 2.35. The van der Waals surface area contributed by atoms with Gasteiger partial charge in [-0.25, -0.2) is 5.43 Å². The van der Waals surface area contributed by atoms with Crippen molar-refractivity contribution in [2.24, 2.45) is 5.10 Å². The van der Waals surface area contributed by atoms with Crippen LogP contribution in [0.1, 0.15) is 21.5 Å². The molecule has 4 aromatic carbocycles. The number of fused-ring (bicyclic) bond motifs is 1. The van der Waals surface area contributed by atoms with Crippen LogP contribution in [-0.2, 0) is 4.79 Å². The predicted molar refractivity (Wildman–Crippen MR) is 156 cm³/mol. The monoisotopic (exact) mass is 595 g/mol. The van der Waals surface area contributed by atoms with Crippen LogP contribution in [0, 0.1) is 20.2 Å². The first kappa shape index (κ1) is 28.9. The number of non-ortho nitro benzene ring substituents is 1. The summed E-state index contributed by atoms with van der Waals surface area (Å²) in [6.45, 7) is 0.0757. The second-order valence-electron chi connectivity index (χ2n) is 9.03. The number of carbonyl (C=O) groups excluding carboxylic acids is 2. The fraction of sp³-hybridized carbons (Fsp3) is 0.0333. The molecule has 44 heavy (non-hydrogen) atoms. The van der Waals surface area contributed by atoms with Gasteiger partial charge in [0, 0.05) is 11.6 Å². The van der Waals surface area contributed by atoms with Gasteiger partial charge >= 0.3 is 5.69 Å². The Labute approximate surface area is 248 Å². The number of nitrogens with one attached hydrogen (secondary N) is 2. The Balaban J connectivity index is 1.32. The number of amides is 2. The largest absolute Gasteiger partial charge is 0.454 e. The standard InChI is InChI=1S/C30H21N5O9/c36-29(21-6-2-1-3-7-21)32-24(14-19-9-11-27-28(15-19)43-18-42-27)30(37)33-31-17-20-5-4-8-23(13-20)44-26-12-10-22(34(38)39)16-25(26)35(40)41/h1-17H,18H2,(H,32,36)(H,33,37). The van der Waals surface area contributed by atoms with Gasteiger partial charge < -0.3 is 19.5 Å². The zero-order chi connectivity index (χ0) is 31.1. The average molecular weight is 596 g/mol. The van der Waals surface area contributed by atoms with Gasteiger partial charge in [0.2, 0.25) is 12.5 Å². The molecule has 0 saturated carbocycles. The third-order valence-corrected chi connectivity index (χ3v) is 6.05. The van der Waals surface area contributed by atoms with E-state index in [1.54, 1.807) is 60.7 Å². The van der Waals surface area contributed by atoms with Gasteiger partial charge in [0.05, 0.1) is 22.1 Å². The maximum atomic E-state index is 13.1. The van der Waals surface area contributed by atoms with Crippen LogP contribution in [0.15, 0.2) is 102 Å². The Morgan fingerprint density at radius 2 is 1.64 bits per heavy atom. The van der Waals surface area contributed by atoms with Crippen molar-refractivity contribution >= 4 is 35.5 Å². The molecule has 0 fully saturated rings. The minimum Gasteiger partial charge on any atom is -0.454 e. The molecule has 1 heterocycles. The highest BCUT2D eigenvalue weighted by molar-refractivity contribution is 6.05. The number of hydrogen-bond donors (Lipinski definition) is 2. The van der Waals surface area contributed by atoms with Crippen LogP contribution >= 0.6 is 0 Å². The lowest BCUT2D eigenvalue weighted by Crippen LogP contribution is -2.32. The van der Waals surface area contributed by atoms with E-state index in [9.17, 15) is 29.8 Å². The van der Waals surface area contributed by atoms with Crippen LogP contribution in [0.3, 0.4) is 0 Å². The molecule has 4 aromatic rings. The van der Waals surface area contributed by atoms with E-state index in [1.807, 2.05) is 0 Å². The smallest absolute Gasteiger partial charge is 0.318 e. The minimum atomic E-state index is -0.783. The van der Waals surface area contributed by atoms with E-state index in [0.717, 1.165) is 18.2 Å². The number of ether oxygens (including phenoxy) is 3. The molecule has 14 heteroatoms. The molecule has 1 aliphatic heterocycles. The molecule has 1 aliphatic rings. The average Bonchev–Trinajstić information content (AvgIpc) is 3.49. The minimum absolute atomic E-state index is 0.0757. The first-order valence-electron chi connectivity index (χ1n) is 12.8. The highest BCUT2D eigenvalue weighted by atomic mass is 16.7. The van der Waals surface area contributed by atoms with Crippen LogP contribution in [0.2, 0.25) is 0 Å². The van der Waals surface area contributed by atoms with Crippen molar-refractivity contribution in [3.63, 3.8) is 0 Å². The van der Waals surface area contributed by atoms with Gasteiger partial charge in [-0.2, -0.15) is 5.10 Å². The van der Waals surface area contributed by atoms with Gasteiger partial charge in [-0.3, -0.25) is 29.8 Å². The number of carbonyl (C=O) groups is 2. The van der Waals surface area contributed by atoms with Crippen molar-refractivity contribution < 1.29 is 33.6 Å². The van der Waals surface area contributed by atoms with E-state index in [-0.39, 0.29) is 24.0 Å². The Bertz CT molecular complexity index is 1820. The van der Waals surface area contributed by atoms with Gasteiger partial charge in [-0.15, -0.1) is 0 Å². The zero-order valence-electron chi connectivity index (χ0n) is 22.5. The lowest BCUT2D eigenvalue weighted by atomic mass is 10.1. The van der Waals surface area contributed by atoms with Crippen molar-refractivity contribution in [1.82, 2.24) is 10.7 Å². The zero-order valence-corrected chi connectivity index (χ0v) is 22.5. The topological polar surface area (TPSA) is 185 Å². The summed E-state index contributed by atoms with van der Waals surface area (Å²) in [5, 5.41) is 29.0. The van der Waals surface area contributed by atoms with Crippen LogP contribution in [-0.4, -0.2) is 34.7 Å². The fourth-order valence-corrected chi connectivity index (χ4v) is 3.97. The number of nitrogens with zero attached hydrogens (tertiary/aromatic N) is 3. The number of hydrogen-bond acceptors (Lipinski definition) is 10. The van der Waals surface area contributed by atoms with Crippen LogP contribution in [0.25, 0.3) is 6.08 Å². The summed E-state index contributed by atoms with van der Waals surface area (Å²) in [5.74, 6) is -0.210. The molecule has 0 spiro atoms. The molecule has 0 aliphatic carbocycles. The van der Waals surface area contributed by atoms with E-state index < -0.39 is 33.0 Å². The van der Waals surface area contributed by atoms with Gasteiger partial charge in [0.25, 0.3) is 17.5 Å². The molecule has 2 N–H and O–H groups in total. The highest BCUT2D eigenvalue weighted by Gasteiger charge is 2.21. The van der Waals surface area contributed by atoms with Crippen LogP contribution < -0.4 is 25.0 Å². The molecule has 0 bridgehead atoms. The molecule has 0 unspecified atom stereocenters. The summed E-state index contributed by atoms with van der Waals surface area (Å²) in [4.78, 5) is 46.8. The summed E-state index contributed by atoms with van der Waals surface area (Å²) in [6.07, 6.45) is 2.76. The van der Waals surface area contributed by atoms with E-state index in [2.05, 4.69) is 15.8 Å². The number of benzene rings is 4. The Hall–Kier alpha value is -6.57. The number of nitro benzene ring substituents is 2. The third-order valence-electron chi connectivity index (χ3n) is 6.05. The van der Waals surface area contributed by atoms with E-state index in [0.29, 0.717) is 28.2 Å². The molecule has 2 amide bonds. The van der Waals surface area contributed by atoms with Crippen LogP contribution in [0.4, 0.5) is 11.4 Å². The second-order valence-corrected chi connectivity index (χ2v) is 9.03. The Morgan fingerprint density at radius 3 is 2.41 bits per heavy atom. The van der Waals surface area contributed by atoms with Crippen molar-refractivity contribution in [2.75, 3.05) is 6.79 Å². The van der Waals surface area contributed by atoms with Crippen molar-refractivity contribution in [2.45, 2.75) is 0 Å². The van der Waals surface area contributed by atoms with E-state index in [1.165, 1.54) is 24.4 Å². The number of hydrazone groups is 1. The molecule has 0 saturated heterocycles. The normalized spacial score (nSPS) is 12.0. The summed E-state index contributed by atoms with van der Waals surface area (Å²) in [7, 11) is 0.